The predicted molar refractivity (Wildman–Crippen MR) is 72.2 cm³/mol. The fraction of sp³-hybridized carbons (Fsp3) is 0.538. The molecule has 1 aromatic rings. The lowest BCUT2D eigenvalue weighted by atomic mass is 10.1. The van der Waals surface area contributed by atoms with E-state index in [0.717, 1.165) is 17.1 Å². The summed E-state index contributed by atoms with van der Waals surface area (Å²) in [4.78, 5) is 0. The molecule has 3 heteroatoms. The summed E-state index contributed by atoms with van der Waals surface area (Å²) < 4.78 is 5.58. The summed E-state index contributed by atoms with van der Waals surface area (Å²) in [7, 11) is 0. The van der Waals surface area contributed by atoms with Crippen LogP contribution in [-0.4, -0.2) is 18.1 Å². The standard InChI is InChI=1S/C13H21NOS/c1-3-9-16-10-12(14)11-7-5-6-8-13(11)15-4-2/h5-8,12H,3-4,9-10,14H2,1-2H3. The van der Waals surface area contributed by atoms with Crippen LogP contribution in [-0.2, 0) is 0 Å². The number of benzene rings is 1. The largest absolute Gasteiger partial charge is 0.494 e. The highest BCUT2D eigenvalue weighted by molar-refractivity contribution is 7.99. The van der Waals surface area contributed by atoms with Crippen molar-refractivity contribution in [2.45, 2.75) is 26.3 Å². The Morgan fingerprint density at radius 2 is 2.06 bits per heavy atom. The van der Waals surface area contributed by atoms with Crippen LogP contribution in [0.2, 0.25) is 0 Å². The average molecular weight is 239 g/mol. The summed E-state index contributed by atoms with van der Waals surface area (Å²) >= 11 is 1.90. The Kier molecular flexibility index (Phi) is 6.34. The van der Waals surface area contributed by atoms with Gasteiger partial charge in [-0.2, -0.15) is 11.8 Å². The van der Waals surface area contributed by atoms with Gasteiger partial charge in [0.25, 0.3) is 0 Å². The molecule has 0 fully saturated rings. The Bertz CT molecular complexity index is 304. The molecule has 1 aromatic carbocycles. The molecule has 0 heterocycles. The number of hydrogen-bond acceptors (Lipinski definition) is 3. The van der Waals surface area contributed by atoms with Crippen LogP contribution >= 0.6 is 11.8 Å². The van der Waals surface area contributed by atoms with Crippen molar-refractivity contribution in [2.24, 2.45) is 5.73 Å². The van der Waals surface area contributed by atoms with E-state index < -0.39 is 0 Å². The Hall–Kier alpha value is -0.670. The summed E-state index contributed by atoms with van der Waals surface area (Å²) in [6.45, 7) is 4.87. The average Bonchev–Trinajstić information content (AvgIpc) is 2.30. The van der Waals surface area contributed by atoms with E-state index in [9.17, 15) is 0 Å². The van der Waals surface area contributed by atoms with Crippen molar-refractivity contribution < 1.29 is 4.74 Å². The van der Waals surface area contributed by atoms with Crippen molar-refractivity contribution in [3.05, 3.63) is 29.8 Å². The van der Waals surface area contributed by atoms with E-state index in [4.69, 9.17) is 10.5 Å². The second-order valence-corrected chi connectivity index (χ2v) is 4.80. The quantitative estimate of drug-likeness (QED) is 0.742. The molecule has 90 valence electrons. The van der Waals surface area contributed by atoms with Crippen LogP contribution in [0.25, 0.3) is 0 Å². The Labute approximate surface area is 103 Å². The molecule has 0 aliphatic rings. The van der Waals surface area contributed by atoms with Gasteiger partial charge in [-0.1, -0.05) is 25.1 Å². The molecule has 1 unspecified atom stereocenters. The lowest BCUT2D eigenvalue weighted by Gasteiger charge is -2.16. The van der Waals surface area contributed by atoms with E-state index in [2.05, 4.69) is 13.0 Å². The maximum atomic E-state index is 6.17. The van der Waals surface area contributed by atoms with Crippen molar-refractivity contribution in [3.8, 4) is 5.75 Å². The summed E-state index contributed by atoms with van der Waals surface area (Å²) in [5, 5.41) is 0. The summed E-state index contributed by atoms with van der Waals surface area (Å²) in [5.74, 6) is 3.05. The second-order valence-electron chi connectivity index (χ2n) is 3.65. The van der Waals surface area contributed by atoms with Crippen LogP contribution in [0.3, 0.4) is 0 Å². The van der Waals surface area contributed by atoms with Crippen molar-refractivity contribution in [3.63, 3.8) is 0 Å². The Balaban J connectivity index is 2.62. The van der Waals surface area contributed by atoms with E-state index >= 15 is 0 Å². The number of hydrogen-bond donors (Lipinski definition) is 1. The zero-order chi connectivity index (χ0) is 11.8. The molecule has 1 rings (SSSR count). The fourth-order valence-electron chi connectivity index (χ4n) is 1.52. The van der Waals surface area contributed by atoms with E-state index in [1.807, 2.05) is 36.9 Å². The molecular formula is C13H21NOS. The topological polar surface area (TPSA) is 35.2 Å². The maximum absolute atomic E-state index is 6.17. The number of para-hydroxylation sites is 1. The third-order valence-corrected chi connectivity index (χ3v) is 3.56. The van der Waals surface area contributed by atoms with Crippen molar-refractivity contribution in [2.75, 3.05) is 18.1 Å². The van der Waals surface area contributed by atoms with E-state index in [1.165, 1.54) is 12.2 Å². The smallest absolute Gasteiger partial charge is 0.124 e. The summed E-state index contributed by atoms with van der Waals surface area (Å²) in [5.41, 5.74) is 7.28. The molecule has 0 aliphatic carbocycles. The van der Waals surface area contributed by atoms with Gasteiger partial charge >= 0.3 is 0 Å². The third kappa shape index (κ3) is 4.06. The molecule has 0 aliphatic heterocycles. The first-order valence-corrected chi connectivity index (χ1v) is 7.00. The molecule has 0 saturated carbocycles. The number of rotatable bonds is 7. The fourth-order valence-corrected chi connectivity index (χ4v) is 2.41. The molecule has 0 amide bonds. The van der Waals surface area contributed by atoms with E-state index in [1.54, 1.807) is 0 Å². The third-order valence-electron chi connectivity index (χ3n) is 2.26. The minimum Gasteiger partial charge on any atom is -0.494 e. The molecular weight excluding hydrogens is 218 g/mol. The number of ether oxygens (including phenoxy) is 1. The highest BCUT2D eigenvalue weighted by atomic mass is 32.2. The maximum Gasteiger partial charge on any atom is 0.124 e. The van der Waals surface area contributed by atoms with E-state index in [-0.39, 0.29) is 6.04 Å². The molecule has 0 saturated heterocycles. The monoisotopic (exact) mass is 239 g/mol. The second kappa shape index (κ2) is 7.58. The van der Waals surface area contributed by atoms with Gasteiger partial charge in [-0.25, -0.2) is 0 Å². The predicted octanol–water partition coefficient (Wildman–Crippen LogP) is 3.23. The van der Waals surface area contributed by atoms with Gasteiger partial charge in [0.1, 0.15) is 5.75 Å². The van der Waals surface area contributed by atoms with Gasteiger partial charge in [-0.3, -0.25) is 0 Å². The van der Waals surface area contributed by atoms with Crippen LogP contribution in [0.4, 0.5) is 0 Å². The van der Waals surface area contributed by atoms with Crippen molar-refractivity contribution >= 4 is 11.8 Å². The normalized spacial score (nSPS) is 12.4. The minimum absolute atomic E-state index is 0.0688. The number of thioether (sulfide) groups is 1. The first-order valence-electron chi connectivity index (χ1n) is 5.84. The molecule has 2 N–H and O–H groups in total. The summed E-state index contributed by atoms with van der Waals surface area (Å²) in [6, 6.07) is 8.12. The molecule has 0 aromatic heterocycles. The van der Waals surface area contributed by atoms with Gasteiger partial charge in [0, 0.05) is 17.4 Å². The molecule has 1 atom stereocenters. The molecule has 16 heavy (non-hydrogen) atoms. The zero-order valence-corrected chi connectivity index (χ0v) is 10.9. The lowest BCUT2D eigenvalue weighted by molar-refractivity contribution is 0.335. The molecule has 0 bridgehead atoms. The van der Waals surface area contributed by atoms with Gasteiger partial charge < -0.3 is 10.5 Å². The van der Waals surface area contributed by atoms with Gasteiger partial charge in [0.05, 0.1) is 6.61 Å². The first-order chi connectivity index (χ1) is 7.79. The molecule has 0 spiro atoms. The van der Waals surface area contributed by atoms with Gasteiger partial charge in [-0.05, 0) is 25.2 Å². The first kappa shape index (κ1) is 13.4. The van der Waals surface area contributed by atoms with Gasteiger partial charge in [-0.15, -0.1) is 0 Å². The lowest BCUT2D eigenvalue weighted by Crippen LogP contribution is -2.14. The SMILES string of the molecule is CCCSCC(N)c1ccccc1OCC. The van der Waals surface area contributed by atoms with Gasteiger partial charge in [0.15, 0.2) is 0 Å². The molecule has 0 radical (unpaired) electrons. The molecule has 2 nitrogen and oxygen atoms in total. The zero-order valence-electron chi connectivity index (χ0n) is 10.1. The van der Waals surface area contributed by atoms with Crippen LogP contribution in [0.15, 0.2) is 24.3 Å². The highest BCUT2D eigenvalue weighted by Crippen LogP contribution is 2.26. The number of nitrogens with two attached hydrogens (primary N) is 1. The van der Waals surface area contributed by atoms with Crippen molar-refractivity contribution in [1.29, 1.82) is 0 Å². The highest BCUT2D eigenvalue weighted by Gasteiger charge is 2.11. The van der Waals surface area contributed by atoms with Crippen LogP contribution in [0, 0.1) is 0 Å². The van der Waals surface area contributed by atoms with Crippen LogP contribution in [0.5, 0.6) is 5.75 Å². The minimum atomic E-state index is 0.0688. The van der Waals surface area contributed by atoms with Crippen LogP contribution < -0.4 is 10.5 Å². The Morgan fingerprint density at radius 1 is 1.31 bits per heavy atom. The van der Waals surface area contributed by atoms with Gasteiger partial charge in [0.2, 0.25) is 0 Å². The summed E-state index contributed by atoms with van der Waals surface area (Å²) in [6.07, 6.45) is 1.20. The van der Waals surface area contributed by atoms with Crippen molar-refractivity contribution in [1.82, 2.24) is 0 Å². The van der Waals surface area contributed by atoms with Crippen LogP contribution in [0.1, 0.15) is 31.9 Å². The Morgan fingerprint density at radius 3 is 2.75 bits per heavy atom. The van der Waals surface area contributed by atoms with E-state index in [0.29, 0.717) is 6.61 Å².